The molecule has 2 atom stereocenters. The molecule has 4 aliphatic rings. The third kappa shape index (κ3) is 2.27. The molecule has 21 heavy (non-hydrogen) atoms. The molecule has 112 valence electrons. The first-order valence-corrected chi connectivity index (χ1v) is 7.91. The number of piperidine rings is 2. The molecule has 0 radical (unpaired) electrons. The second kappa shape index (κ2) is 4.82. The van der Waals surface area contributed by atoms with Crippen LogP contribution in [-0.4, -0.2) is 61.7 Å². The van der Waals surface area contributed by atoms with Gasteiger partial charge in [0, 0.05) is 24.9 Å². The summed E-state index contributed by atoms with van der Waals surface area (Å²) in [5, 5.41) is 0. The van der Waals surface area contributed by atoms with Gasteiger partial charge in [0.25, 0.3) is 0 Å². The topological polar surface area (TPSA) is 29.5 Å². The number of carbonyl (C=O) groups excluding carboxylic acids is 1. The average molecular weight is 287 g/mol. The van der Waals surface area contributed by atoms with Gasteiger partial charge in [0.2, 0.25) is 5.78 Å². The summed E-state index contributed by atoms with van der Waals surface area (Å²) in [6.45, 7) is 6.57. The lowest BCUT2D eigenvalue weighted by Crippen LogP contribution is -2.72. The first kappa shape index (κ1) is 13.3. The van der Waals surface area contributed by atoms with Crippen molar-refractivity contribution in [2.45, 2.75) is 6.42 Å². The number of benzene rings is 1. The van der Waals surface area contributed by atoms with E-state index < -0.39 is 0 Å². The monoisotopic (exact) mass is 287 g/mol. The lowest BCUT2D eigenvalue weighted by atomic mass is 9.80. The van der Waals surface area contributed by atoms with E-state index in [0.29, 0.717) is 12.3 Å². The van der Waals surface area contributed by atoms with Crippen molar-refractivity contribution in [3.8, 4) is 5.75 Å². The Morgan fingerprint density at radius 2 is 2.00 bits per heavy atom. The van der Waals surface area contributed by atoms with Crippen LogP contribution in [-0.2, 0) is 0 Å². The summed E-state index contributed by atoms with van der Waals surface area (Å²) in [7, 11) is 1.64. The number of rotatable bonds is 4. The third-order valence-electron chi connectivity index (χ3n) is 5.38. The molecule has 1 aromatic rings. The molecular weight excluding hydrogens is 264 g/mol. The highest BCUT2D eigenvalue weighted by molar-refractivity contribution is 5.99. The average Bonchev–Trinajstić information content (AvgIpc) is 2.45. The van der Waals surface area contributed by atoms with E-state index >= 15 is 0 Å². The van der Waals surface area contributed by atoms with Crippen molar-refractivity contribution in [3.05, 3.63) is 29.8 Å². The molecule has 4 saturated heterocycles. The summed E-state index contributed by atoms with van der Waals surface area (Å²) < 4.78 is 6.33. The van der Waals surface area contributed by atoms with Crippen LogP contribution in [0, 0.1) is 11.8 Å². The first-order valence-electron chi connectivity index (χ1n) is 7.91. The Morgan fingerprint density at radius 1 is 1.29 bits per heavy atom. The third-order valence-corrected chi connectivity index (χ3v) is 5.38. The normalized spacial score (nSPS) is 36.7. The highest BCUT2D eigenvalue weighted by atomic mass is 16.5. The van der Waals surface area contributed by atoms with Gasteiger partial charge in [-0.3, -0.25) is 9.69 Å². The van der Waals surface area contributed by atoms with Gasteiger partial charge in [-0.1, -0.05) is 12.1 Å². The van der Waals surface area contributed by atoms with Crippen LogP contribution < -0.4 is 4.74 Å². The maximum Gasteiger partial charge on any atom is 0.220 e. The number of ether oxygens (including phenoxy) is 1. The lowest BCUT2D eigenvalue weighted by Gasteiger charge is -2.58. The van der Waals surface area contributed by atoms with Crippen molar-refractivity contribution in [1.29, 1.82) is 0 Å². The second-order valence-corrected chi connectivity index (χ2v) is 7.13. The maximum atomic E-state index is 12.8. The van der Waals surface area contributed by atoms with Gasteiger partial charge >= 0.3 is 0 Å². The molecule has 0 aromatic heterocycles. The van der Waals surface area contributed by atoms with E-state index in [1.807, 2.05) is 24.3 Å². The van der Waals surface area contributed by atoms with Crippen molar-refractivity contribution in [2.24, 2.45) is 11.8 Å². The van der Waals surface area contributed by atoms with Crippen LogP contribution in [0.25, 0.3) is 0 Å². The minimum absolute atomic E-state index is 0.232. The molecule has 5 rings (SSSR count). The molecule has 0 N–H and O–H groups in total. The highest BCUT2D eigenvalue weighted by Gasteiger charge is 2.51. The minimum Gasteiger partial charge on any atom is -0.496 e. The van der Waals surface area contributed by atoms with Crippen molar-refractivity contribution >= 4 is 5.78 Å². The summed E-state index contributed by atoms with van der Waals surface area (Å²) in [5.41, 5.74) is 0.740. The number of quaternary nitrogens is 1. The number of hydrogen-bond donors (Lipinski definition) is 0. The Hall–Kier alpha value is -1.39. The number of carbonyl (C=O) groups is 1. The highest BCUT2D eigenvalue weighted by Crippen LogP contribution is 2.38. The number of hydrogen-bond acceptors (Lipinski definition) is 3. The fourth-order valence-corrected chi connectivity index (χ4v) is 4.96. The Morgan fingerprint density at radius 3 is 2.67 bits per heavy atom. The van der Waals surface area contributed by atoms with Crippen LogP contribution >= 0.6 is 0 Å². The first-order chi connectivity index (χ1) is 10.2. The van der Waals surface area contributed by atoms with Gasteiger partial charge in [0.1, 0.15) is 19.0 Å². The van der Waals surface area contributed by atoms with E-state index in [1.165, 1.54) is 32.6 Å². The molecule has 0 amide bonds. The van der Waals surface area contributed by atoms with Crippen molar-refractivity contribution < 1.29 is 14.0 Å². The largest absolute Gasteiger partial charge is 0.496 e. The molecule has 0 spiro atoms. The van der Waals surface area contributed by atoms with Crippen LogP contribution in [0.15, 0.2) is 24.3 Å². The summed E-state index contributed by atoms with van der Waals surface area (Å²) >= 11 is 0. The molecule has 0 saturated carbocycles. The van der Waals surface area contributed by atoms with Gasteiger partial charge in [0.05, 0.1) is 25.8 Å². The van der Waals surface area contributed by atoms with Gasteiger partial charge < -0.3 is 9.22 Å². The number of Topliss-reactive ketones (excluding diaryl/α,β-unsaturated/α-hetero) is 1. The Kier molecular flexibility index (Phi) is 3.05. The smallest absolute Gasteiger partial charge is 0.220 e. The Bertz CT molecular complexity index is 534. The fourth-order valence-electron chi connectivity index (χ4n) is 4.96. The minimum atomic E-state index is 0.232. The molecule has 4 heterocycles. The lowest BCUT2D eigenvalue weighted by molar-refractivity contribution is -0.954. The van der Waals surface area contributed by atoms with Crippen LogP contribution in [0.1, 0.15) is 16.8 Å². The summed E-state index contributed by atoms with van der Waals surface area (Å²) in [4.78, 5) is 15.4. The maximum absolute atomic E-state index is 12.8. The van der Waals surface area contributed by atoms with Crippen LogP contribution in [0.5, 0.6) is 5.75 Å². The van der Waals surface area contributed by atoms with Crippen molar-refractivity contribution in [2.75, 3.05) is 46.5 Å². The summed E-state index contributed by atoms with van der Waals surface area (Å²) in [6, 6.07) is 7.61. The quantitative estimate of drug-likeness (QED) is 0.622. The number of ketones is 1. The van der Waals surface area contributed by atoms with E-state index in [9.17, 15) is 4.79 Å². The predicted molar refractivity (Wildman–Crippen MR) is 80.2 cm³/mol. The Balaban J connectivity index is 1.57. The molecule has 4 bridgehead atoms. The van der Waals surface area contributed by atoms with Crippen LogP contribution in [0.2, 0.25) is 0 Å². The molecule has 2 unspecified atom stereocenters. The predicted octanol–water partition coefficient (Wildman–Crippen LogP) is 1.62. The molecule has 0 aliphatic carbocycles. The zero-order valence-electron chi connectivity index (χ0n) is 12.6. The molecule has 4 fully saturated rings. The molecule has 4 nitrogen and oxygen atoms in total. The summed E-state index contributed by atoms with van der Waals surface area (Å²) in [5.74, 6) is 2.54. The zero-order chi connectivity index (χ0) is 14.4. The van der Waals surface area contributed by atoms with Crippen molar-refractivity contribution in [1.82, 2.24) is 4.90 Å². The van der Waals surface area contributed by atoms with Gasteiger partial charge in [-0.05, 0) is 18.6 Å². The van der Waals surface area contributed by atoms with E-state index in [2.05, 4.69) is 4.90 Å². The van der Waals surface area contributed by atoms with E-state index in [1.54, 1.807) is 7.11 Å². The summed E-state index contributed by atoms with van der Waals surface area (Å²) in [6.07, 6.45) is 1.37. The molecule has 4 heteroatoms. The van der Waals surface area contributed by atoms with Gasteiger partial charge in [-0.25, -0.2) is 0 Å². The molecule has 1 aromatic carbocycles. The van der Waals surface area contributed by atoms with E-state index in [0.717, 1.165) is 28.6 Å². The van der Waals surface area contributed by atoms with E-state index in [-0.39, 0.29) is 5.78 Å². The van der Waals surface area contributed by atoms with E-state index in [4.69, 9.17) is 4.74 Å². The Labute approximate surface area is 125 Å². The number of para-hydroxylation sites is 1. The number of methoxy groups -OCH3 is 1. The standard InChI is InChI=1S/C17H23N2O2/c1-21-17-5-3-2-4-15(17)16(20)11-19-9-13-6-14(10-19)8-18(7-13)12-19/h2-5,13-14H,6-12H2,1H3/q+1. The van der Waals surface area contributed by atoms with Gasteiger partial charge in [0.15, 0.2) is 0 Å². The van der Waals surface area contributed by atoms with Crippen molar-refractivity contribution in [3.63, 3.8) is 0 Å². The number of nitrogens with zero attached hydrogens (tertiary/aromatic N) is 2. The van der Waals surface area contributed by atoms with Crippen LogP contribution in [0.4, 0.5) is 0 Å². The molecular formula is C17H23N2O2+. The van der Waals surface area contributed by atoms with Crippen LogP contribution in [0.3, 0.4) is 0 Å². The molecule has 4 aliphatic heterocycles. The second-order valence-electron chi connectivity index (χ2n) is 7.13. The zero-order valence-corrected chi connectivity index (χ0v) is 12.6. The van der Waals surface area contributed by atoms with Gasteiger partial charge in [-0.2, -0.15) is 0 Å². The van der Waals surface area contributed by atoms with Gasteiger partial charge in [-0.15, -0.1) is 0 Å². The SMILES string of the molecule is COc1ccccc1C(=O)C[N+]12CC3CC(CN(C3)C1)C2. The fraction of sp³-hybridized carbons (Fsp3) is 0.588.